The molecule has 0 radical (unpaired) electrons. The molecule has 2 rings (SSSR count). The first-order valence-corrected chi connectivity index (χ1v) is 4.99. The van der Waals surface area contributed by atoms with Crippen molar-refractivity contribution in [3.05, 3.63) is 17.5 Å². The monoisotopic (exact) mass is 172 g/mol. The summed E-state index contributed by atoms with van der Waals surface area (Å²) in [5.74, 6) is 1.18. The molecule has 0 aliphatic carbocycles. The Morgan fingerprint density at radius 1 is 1.60 bits per heavy atom. The van der Waals surface area contributed by atoms with Crippen LogP contribution >= 0.6 is 23.3 Å². The maximum Gasteiger partial charge on any atom is 0.117 e. The Balaban J connectivity index is 2.12. The summed E-state index contributed by atoms with van der Waals surface area (Å²) >= 11 is 3.60. The molecule has 4 heteroatoms. The van der Waals surface area contributed by atoms with Gasteiger partial charge in [0.25, 0.3) is 0 Å². The van der Waals surface area contributed by atoms with Crippen LogP contribution in [0.25, 0.3) is 0 Å². The van der Waals surface area contributed by atoms with E-state index in [1.165, 1.54) is 10.8 Å². The van der Waals surface area contributed by atoms with Crippen molar-refractivity contribution in [3.63, 3.8) is 0 Å². The van der Waals surface area contributed by atoms with Crippen LogP contribution in [-0.2, 0) is 0 Å². The molecule has 1 aliphatic heterocycles. The van der Waals surface area contributed by atoms with E-state index in [0.717, 1.165) is 6.54 Å². The molecule has 1 aliphatic rings. The molecule has 2 heterocycles. The zero-order chi connectivity index (χ0) is 6.81. The summed E-state index contributed by atoms with van der Waals surface area (Å²) < 4.78 is 2.13. The standard InChI is InChI=1S/C6H8N2S2/c1-2-6(9-4-1)8-7-3-5-10-8/h1-2,4,7H,3,5H2. The van der Waals surface area contributed by atoms with Crippen LogP contribution in [0.4, 0.5) is 5.00 Å². The second kappa shape index (κ2) is 2.82. The molecule has 0 amide bonds. The Morgan fingerprint density at radius 3 is 3.20 bits per heavy atom. The van der Waals surface area contributed by atoms with Crippen LogP contribution in [0.1, 0.15) is 0 Å². The van der Waals surface area contributed by atoms with Gasteiger partial charge < -0.3 is 0 Å². The van der Waals surface area contributed by atoms with Crippen LogP contribution in [0, 0.1) is 0 Å². The van der Waals surface area contributed by atoms with Gasteiger partial charge in [0.05, 0.1) is 0 Å². The van der Waals surface area contributed by atoms with Crippen LogP contribution in [0.2, 0.25) is 0 Å². The second-order valence-corrected chi connectivity index (χ2v) is 3.94. The fraction of sp³-hybridized carbons (Fsp3) is 0.333. The van der Waals surface area contributed by atoms with E-state index < -0.39 is 0 Å². The molecule has 0 aromatic carbocycles. The average molecular weight is 172 g/mol. The normalized spacial score (nSPS) is 18.2. The van der Waals surface area contributed by atoms with Crippen molar-refractivity contribution >= 4 is 28.3 Å². The van der Waals surface area contributed by atoms with Gasteiger partial charge >= 0.3 is 0 Å². The summed E-state index contributed by atoms with van der Waals surface area (Å²) in [6, 6.07) is 4.19. The molecule has 54 valence electrons. The average Bonchev–Trinajstić information content (AvgIpc) is 2.59. The van der Waals surface area contributed by atoms with Crippen LogP contribution in [0.15, 0.2) is 17.5 Å². The Labute approximate surface area is 68.3 Å². The van der Waals surface area contributed by atoms with Gasteiger partial charge in [-0.3, -0.25) is 0 Å². The summed E-state index contributed by atoms with van der Waals surface area (Å²) in [6.45, 7) is 1.09. The van der Waals surface area contributed by atoms with E-state index >= 15 is 0 Å². The molecule has 2 nitrogen and oxygen atoms in total. The molecule has 1 saturated heterocycles. The Bertz CT molecular complexity index is 192. The van der Waals surface area contributed by atoms with Gasteiger partial charge in [-0.15, -0.1) is 11.3 Å². The number of hydrogen-bond donors (Lipinski definition) is 1. The molecular formula is C6H8N2S2. The number of thiophene rings is 1. The van der Waals surface area contributed by atoms with Gasteiger partial charge in [0, 0.05) is 12.3 Å². The van der Waals surface area contributed by atoms with E-state index in [1.807, 2.05) is 11.9 Å². The number of hydrogen-bond acceptors (Lipinski definition) is 4. The van der Waals surface area contributed by atoms with E-state index in [4.69, 9.17) is 0 Å². The van der Waals surface area contributed by atoms with E-state index in [9.17, 15) is 0 Å². The Morgan fingerprint density at radius 2 is 2.60 bits per heavy atom. The van der Waals surface area contributed by atoms with Gasteiger partial charge in [-0.1, -0.05) is 0 Å². The van der Waals surface area contributed by atoms with Crippen LogP contribution in [0.5, 0.6) is 0 Å². The lowest BCUT2D eigenvalue weighted by Gasteiger charge is -2.11. The fourth-order valence-corrected chi connectivity index (χ4v) is 2.49. The van der Waals surface area contributed by atoms with Crippen molar-refractivity contribution in [1.29, 1.82) is 0 Å². The first-order valence-electron chi connectivity index (χ1n) is 3.17. The third-order valence-corrected chi connectivity index (χ3v) is 3.22. The maximum absolute atomic E-state index is 3.27. The van der Waals surface area contributed by atoms with E-state index in [1.54, 1.807) is 11.3 Å². The number of rotatable bonds is 1. The summed E-state index contributed by atoms with van der Waals surface area (Å²) in [6.07, 6.45) is 0. The molecule has 1 N–H and O–H groups in total. The number of anilines is 1. The van der Waals surface area contributed by atoms with E-state index in [0.29, 0.717) is 0 Å². The van der Waals surface area contributed by atoms with Crippen molar-refractivity contribution in [3.8, 4) is 0 Å². The molecule has 1 aromatic heterocycles. The predicted molar refractivity (Wildman–Crippen MR) is 47.3 cm³/mol. The Kier molecular flexibility index (Phi) is 1.84. The number of nitrogens with zero attached hydrogens (tertiary/aromatic N) is 1. The molecule has 1 aromatic rings. The first kappa shape index (κ1) is 6.52. The summed E-state index contributed by atoms with van der Waals surface area (Å²) in [4.78, 5) is 0. The minimum Gasteiger partial charge on any atom is -0.240 e. The minimum absolute atomic E-state index is 1.09. The van der Waals surface area contributed by atoms with E-state index in [-0.39, 0.29) is 0 Å². The molecule has 10 heavy (non-hydrogen) atoms. The van der Waals surface area contributed by atoms with Crippen molar-refractivity contribution in [2.75, 3.05) is 16.7 Å². The van der Waals surface area contributed by atoms with Crippen molar-refractivity contribution in [2.24, 2.45) is 0 Å². The third-order valence-electron chi connectivity index (χ3n) is 1.28. The Hall–Kier alpha value is -0.190. The molecule has 0 saturated carbocycles. The topological polar surface area (TPSA) is 15.3 Å². The zero-order valence-electron chi connectivity index (χ0n) is 5.41. The van der Waals surface area contributed by atoms with Crippen molar-refractivity contribution in [2.45, 2.75) is 0 Å². The zero-order valence-corrected chi connectivity index (χ0v) is 7.04. The lowest BCUT2D eigenvalue weighted by molar-refractivity contribution is 0.835. The van der Waals surface area contributed by atoms with Crippen LogP contribution in [0.3, 0.4) is 0 Å². The van der Waals surface area contributed by atoms with Gasteiger partial charge in [0.15, 0.2) is 0 Å². The molecule has 0 spiro atoms. The lowest BCUT2D eigenvalue weighted by atomic mass is 10.6. The minimum atomic E-state index is 1.09. The predicted octanol–water partition coefficient (Wildman–Crippen LogP) is 1.72. The van der Waals surface area contributed by atoms with Gasteiger partial charge in [0.2, 0.25) is 0 Å². The highest BCUT2D eigenvalue weighted by Gasteiger charge is 2.12. The number of hydrazine groups is 1. The fourth-order valence-electron chi connectivity index (χ4n) is 0.857. The quantitative estimate of drug-likeness (QED) is 0.649. The van der Waals surface area contributed by atoms with E-state index in [2.05, 4.69) is 27.4 Å². The summed E-state index contributed by atoms with van der Waals surface area (Å²) in [5, 5.41) is 3.39. The lowest BCUT2D eigenvalue weighted by Crippen LogP contribution is -2.24. The largest absolute Gasteiger partial charge is 0.240 e. The highest BCUT2D eigenvalue weighted by molar-refractivity contribution is 8.01. The van der Waals surface area contributed by atoms with Crippen molar-refractivity contribution in [1.82, 2.24) is 5.43 Å². The van der Waals surface area contributed by atoms with Gasteiger partial charge in [-0.25, -0.2) is 9.84 Å². The molecular weight excluding hydrogens is 164 g/mol. The van der Waals surface area contributed by atoms with Gasteiger partial charge in [0.1, 0.15) is 5.00 Å². The van der Waals surface area contributed by atoms with Crippen LogP contribution in [-0.4, -0.2) is 12.3 Å². The molecule has 0 atom stereocenters. The summed E-state index contributed by atoms with van der Waals surface area (Å²) in [5.41, 5.74) is 3.27. The van der Waals surface area contributed by atoms with Gasteiger partial charge in [-0.2, -0.15) is 0 Å². The van der Waals surface area contributed by atoms with Crippen molar-refractivity contribution < 1.29 is 0 Å². The molecule has 0 bridgehead atoms. The first-order chi connectivity index (χ1) is 4.97. The summed E-state index contributed by atoms with van der Waals surface area (Å²) in [7, 11) is 0. The highest BCUT2D eigenvalue weighted by Crippen LogP contribution is 2.27. The van der Waals surface area contributed by atoms with Gasteiger partial charge in [-0.05, 0) is 29.5 Å². The SMILES string of the molecule is c1csc(N2NCCS2)c1. The third kappa shape index (κ3) is 1.14. The number of nitrogens with one attached hydrogen (secondary N) is 1. The molecule has 1 fully saturated rings. The second-order valence-electron chi connectivity index (χ2n) is 1.99. The smallest absolute Gasteiger partial charge is 0.117 e. The van der Waals surface area contributed by atoms with Crippen LogP contribution < -0.4 is 9.84 Å². The molecule has 0 unspecified atom stereocenters. The maximum atomic E-state index is 3.27. The highest BCUT2D eigenvalue weighted by atomic mass is 32.2.